The van der Waals surface area contributed by atoms with E-state index in [1.165, 1.54) is 10.7 Å². The van der Waals surface area contributed by atoms with Crippen LogP contribution in [0.1, 0.15) is 27.3 Å². The SMILES string of the molecule is Bc1cc(NC(=O)c2cc(C)nn(-c3ccc(C)cc3)c2=O)ccc1Oc1ccnc2c1c(C)nn2B. The molecule has 0 aliphatic heterocycles. The van der Waals surface area contributed by atoms with Crippen LogP contribution < -0.4 is 21.1 Å². The Morgan fingerprint density at radius 3 is 2.46 bits per heavy atom. The molecule has 3 heterocycles. The number of fused-ring (bicyclic) bond motifs is 1. The van der Waals surface area contributed by atoms with Crippen molar-refractivity contribution in [2.75, 3.05) is 5.32 Å². The number of nitrogens with zero attached hydrogens (tertiary/aromatic N) is 5. The summed E-state index contributed by atoms with van der Waals surface area (Å²) in [4.78, 5) is 30.6. The van der Waals surface area contributed by atoms with E-state index in [0.29, 0.717) is 28.6 Å². The predicted molar refractivity (Wildman–Crippen MR) is 148 cm³/mol. The zero-order chi connectivity index (χ0) is 26.3. The fourth-order valence-corrected chi connectivity index (χ4v) is 4.23. The maximum Gasteiger partial charge on any atom is 0.284 e. The fourth-order valence-electron chi connectivity index (χ4n) is 4.23. The average molecular weight is 490 g/mol. The van der Waals surface area contributed by atoms with Gasteiger partial charge in [-0.05, 0) is 68.7 Å². The summed E-state index contributed by atoms with van der Waals surface area (Å²) in [6.07, 6.45) is 1.68. The van der Waals surface area contributed by atoms with Gasteiger partial charge in [-0.2, -0.15) is 14.9 Å². The molecule has 0 saturated heterocycles. The average Bonchev–Trinajstić information content (AvgIpc) is 3.16. The van der Waals surface area contributed by atoms with Gasteiger partial charge in [-0.3, -0.25) is 9.59 Å². The van der Waals surface area contributed by atoms with Crippen LogP contribution >= 0.6 is 0 Å². The minimum absolute atomic E-state index is 0.0114. The van der Waals surface area contributed by atoms with E-state index in [9.17, 15) is 9.59 Å². The van der Waals surface area contributed by atoms with Crippen molar-refractivity contribution < 1.29 is 9.53 Å². The minimum atomic E-state index is -0.508. The molecule has 9 nitrogen and oxygen atoms in total. The molecule has 2 aromatic carbocycles. The molecule has 0 saturated carbocycles. The molecule has 0 radical (unpaired) electrons. The van der Waals surface area contributed by atoms with Crippen LogP contribution in [0.4, 0.5) is 5.69 Å². The normalized spacial score (nSPS) is 11.0. The van der Waals surface area contributed by atoms with Gasteiger partial charge in [0, 0.05) is 11.9 Å². The number of aromatic nitrogens is 5. The Morgan fingerprint density at radius 2 is 1.73 bits per heavy atom. The number of hydrogen-bond donors (Lipinski definition) is 1. The van der Waals surface area contributed by atoms with Crippen LogP contribution in [0.5, 0.6) is 11.5 Å². The fraction of sp³-hybridized carbons (Fsp3) is 0.115. The van der Waals surface area contributed by atoms with Gasteiger partial charge in [0.2, 0.25) is 0 Å². The van der Waals surface area contributed by atoms with Crippen LogP contribution in [0.25, 0.3) is 16.7 Å². The Morgan fingerprint density at radius 1 is 0.973 bits per heavy atom. The third-order valence-corrected chi connectivity index (χ3v) is 6.07. The molecule has 0 bridgehead atoms. The van der Waals surface area contributed by atoms with E-state index in [2.05, 4.69) is 20.5 Å². The van der Waals surface area contributed by atoms with Crippen LogP contribution in [0.2, 0.25) is 0 Å². The first-order chi connectivity index (χ1) is 17.7. The Bertz CT molecular complexity index is 1730. The zero-order valence-electron chi connectivity index (χ0n) is 21.2. The zero-order valence-corrected chi connectivity index (χ0v) is 21.2. The summed E-state index contributed by atoms with van der Waals surface area (Å²) in [5, 5.41) is 12.4. The second-order valence-corrected chi connectivity index (χ2v) is 9.01. The number of hydrogen-bond acceptors (Lipinski definition) is 6. The van der Waals surface area contributed by atoms with Gasteiger partial charge in [0.1, 0.15) is 30.6 Å². The van der Waals surface area contributed by atoms with Crippen molar-refractivity contribution in [3.05, 3.63) is 93.7 Å². The monoisotopic (exact) mass is 490 g/mol. The first-order valence-electron chi connectivity index (χ1n) is 11.8. The first kappa shape index (κ1) is 24.1. The summed E-state index contributed by atoms with van der Waals surface area (Å²) in [5.41, 5.74) is 4.66. The smallest absolute Gasteiger partial charge is 0.284 e. The summed E-state index contributed by atoms with van der Waals surface area (Å²) >= 11 is 0. The van der Waals surface area contributed by atoms with Gasteiger partial charge in [0.15, 0.2) is 0 Å². The summed E-state index contributed by atoms with van der Waals surface area (Å²) in [6.45, 7) is 5.62. The number of amides is 1. The van der Waals surface area contributed by atoms with Gasteiger partial charge in [0.25, 0.3) is 19.4 Å². The highest BCUT2D eigenvalue weighted by Gasteiger charge is 2.17. The molecular formula is C26H24B2N6O3. The van der Waals surface area contributed by atoms with Crippen LogP contribution in [-0.4, -0.2) is 46.2 Å². The lowest BCUT2D eigenvalue weighted by Gasteiger charge is -2.13. The molecule has 37 heavy (non-hydrogen) atoms. The van der Waals surface area contributed by atoms with E-state index < -0.39 is 11.5 Å². The van der Waals surface area contributed by atoms with Gasteiger partial charge in [-0.15, -0.1) is 0 Å². The molecule has 11 heteroatoms. The van der Waals surface area contributed by atoms with Gasteiger partial charge >= 0.3 is 0 Å². The first-order valence-corrected chi connectivity index (χ1v) is 11.8. The summed E-state index contributed by atoms with van der Waals surface area (Å²) in [6, 6.07) is 16.0. The lowest BCUT2D eigenvalue weighted by atomic mass is 9.94. The molecule has 0 aliphatic rings. The lowest BCUT2D eigenvalue weighted by molar-refractivity contribution is 0.102. The number of anilines is 1. The van der Waals surface area contributed by atoms with Gasteiger partial charge < -0.3 is 14.6 Å². The van der Waals surface area contributed by atoms with Gasteiger partial charge in [-0.1, -0.05) is 17.7 Å². The quantitative estimate of drug-likeness (QED) is 0.376. The third kappa shape index (κ3) is 4.63. The number of aryl methyl sites for hydroxylation is 3. The van der Waals surface area contributed by atoms with Gasteiger partial charge in [-0.25, -0.2) is 4.98 Å². The van der Waals surface area contributed by atoms with Crippen molar-refractivity contribution >= 4 is 43.9 Å². The van der Waals surface area contributed by atoms with Crippen LogP contribution in [0, 0.1) is 20.8 Å². The highest BCUT2D eigenvalue weighted by atomic mass is 16.5. The molecule has 3 aromatic heterocycles. The van der Waals surface area contributed by atoms with E-state index in [4.69, 9.17) is 4.74 Å². The molecule has 5 aromatic rings. The highest BCUT2D eigenvalue weighted by molar-refractivity contribution is 6.34. The van der Waals surface area contributed by atoms with Crippen molar-refractivity contribution in [1.82, 2.24) is 24.5 Å². The van der Waals surface area contributed by atoms with E-state index in [1.807, 2.05) is 41.8 Å². The van der Waals surface area contributed by atoms with E-state index >= 15 is 0 Å². The van der Waals surface area contributed by atoms with Crippen LogP contribution in [0.3, 0.4) is 0 Å². The van der Waals surface area contributed by atoms with Crippen molar-refractivity contribution in [1.29, 1.82) is 0 Å². The number of nitrogens with one attached hydrogen (secondary N) is 1. The number of benzene rings is 2. The lowest BCUT2D eigenvalue weighted by Crippen LogP contribution is -2.30. The number of ether oxygens (including phenoxy) is 1. The van der Waals surface area contributed by atoms with E-state index in [-0.39, 0.29) is 5.56 Å². The Balaban J connectivity index is 1.40. The molecule has 5 rings (SSSR count). The number of carbonyl (C=O) groups excluding carboxylic acids is 1. The minimum Gasteiger partial charge on any atom is -0.457 e. The summed E-state index contributed by atoms with van der Waals surface area (Å²) < 4.78 is 9.17. The van der Waals surface area contributed by atoms with Crippen molar-refractivity contribution in [2.45, 2.75) is 20.8 Å². The topological polar surface area (TPSA) is 104 Å². The third-order valence-electron chi connectivity index (χ3n) is 6.07. The molecule has 1 N–H and O–H groups in total. The molecule has 0 spiro atoms. The number of rotatable bonds is 5. The Hall–Kier alpha value is -4.66. The van der Waals surface area contributed by atoms with Crippen molar-refractivity contribution in [3.8, 4) is 17.2 Å². The summed E-state index contributed by atoms with van der Waals surface area (Å²) in [7, 11) is 3.73. The molecule has 1 amide bonds. The van der Waals surface area contributed by atoms with Crippen molar-refractivity contribution in [2.24, 2.45) is 0 Å². The van der Waals surface area contributed by atoms with E-state index in [0.717, 1.165) is 27.8 Å². The molecule has 0 unspecified atom stereocenters. The maximum atomic E-state index is 13.1. The van der Waals surface area contributed by atoms with Crippen molar-refractivity contribution in [3.63, 3.8) is 0 Å². The highest BCUT2D eigenvalue weighted by Crippen LogP contribution is 2.30. The second kappa shape index (κ2) is 9.42. The largest absolute Gasteiger partial charge is 0.457 e. The van der Waals surface area contributed by atoms with Gasteiger partial charge in [0.05, 0.1) is 22.5 Å². The standard InChI is InChI=1S/C26H24B2N6O3/c1-14-4-7-18(8-5-14)33-26(36)19(12-15(2)31-33)25(35)30-17-6-9-21(20(27)13-17)37-22-10-11-29-24-23(22)16(3)32-34(24)28/h4-13H,27-28H2,1-3H3,(H,30,35). The predicted octanol–water partition coefficient (Wildman–Crippen LogP) is 1.60. The number of pyridine rings is 1. The summed E-state index contributed by atoms with van der Waals surface area (Å²) in [5.74, 6) is 0.779. The molecule has 182 valence electrons. The molecule has 0 aliphatic carbocycles. The second-order valence-electron chi connectivity index (χ2n) is 9.01. The molecular weight excluding hydrogens is 466 g/mol. The Kier molecular flexibility index (Phi) is 6.12. The van der Waals surface area contributed by atoms with Crippen LogP contribution in [-0.2, 0) is 0 Å². The Labute approximate surface area is 215 Å². The van der Waals surface area contributed by atoms with Crippen LogP contribution in [0.15, 0.2) is 65.6 Å². The number of carbonyl (C=O) groups is 1. The maximum absolute atomic E-state index is 13.1. The molecule has 0 atom stereocenters. The van der Waals surface area contributed by atoms with E-state index in [1.54, 1.807) is 54.1 Å². The molecule has 0 fully saturated rings.